The summed E-state index contributed by atoms with van der Waals surface area (Å²) in [5, 5.41) is 3.77. The van der Waals surface area contributed by atoms with Crippen molar-refractivity contribution in [1.29, 1.82) is 0 Å². The van der Waals surface area contributed by atoms with Gasteiger partial charge in [-0.3, -0.25) is 4.79 Å². The van der Waals surface area contributed by atoms with Gasteiger partial charge in [-0.05, 0) is 31.0 Å². The molecule has 0 spiro atoms. The van der Waals surface area contributed by atoms with E-state index in [4.69, 9.17) is 0 Å². The van der Waals surface area contributed by atoms with Crippen molar-refractivity contribution in [2.45, 2.75) is 20.8 Å². The number of anilines is 1. The molecule has 18 heavy (non-hydrogen) atoms. The molecule has 1 N–H and O–H groups in total. The van der Waals surface area contributed by atoms with Crippen molar-refractivity contribution < 1.29 is 4.79 Å². The third-order valence-electron chi connectivity index (χ3n) is 2.94. The van der Waals surface area contributed by atoms with Crippen LogP contribution >= 0.6 is 11.3 Å². The maximum atomic E-state index is 11.7. The number of hydrogen-bond donors (Lipinski definition) is 1. The molecule has 0 bridgehead atoms. The van der Waals surface area contributed by atoms with Gasteiger partial charge in [-0.15, -0.1) is 0 Å². The maximum absolute atomic E-state index is 11.7. The van der Waals surface area contributed by atoms with E-state index in [-0.39, 0.29) is 5.78 Å². The van der Waals surface area contributed by atoms with Gasteiger partial charge in [0.1, 0.15) is 0 Å². The zero-order chi connectivity index (χ0) is 13.3. The number of carbonyl (C=O) groups excluding carboxylic acids is 1. The second-order valence-electron chi connectivity index (χ2n) is 4.30. The van der Waals surface area contributed by atoms with E-state index in [2.05, 4.69) is 36.3 Å². The third kappa shape index (κ3) is 2.29. The predicted molar refractivity (Wildman–Crippen MR) is 76.6 cm³/mol. The summed E-state index contributed by atoms with van der Waals surface area (Å²) in [6.07, 6.45) is 0. The Morgan fingerprint density at radius 2 is 2.00 bits per heavy atom. The van der Waals surface area contributed by atoms with Crippen LogP contribution in [0.4, 0.5) is 5.13 Å². The quantitative estimate of drug-likeness (QED) is 0.856. The molecular formula is C14H16N2OS. The molecule has 1 heterocycles. The SMILES string of the molecule is CNc1nc(-c2ccc(C)c(C)c2)c(C(C)=O)s1. The van der Waals surface area contributed by atoms with E-state index in [1.165, 1.54) is 22.5 Å². The standard InChI is InChI=1S/C14H16N2OS/c1-8-5-6-11(7-9(8)2)12-13(10(3)17)18-14(15-4)16-12/h5-7H,1-4H3,(H,15,16). The summed E-state index contributed by atoms with van der Waals surface area (Å²) < 4.78 is 0. The Kier molecular flexibility index (Phi) is 3.48. The smallest absolute Gasteiger partial charge is 0.183 e. The fraction of sp³-hybridized carbons (Fsp3) is 0.286. The van der Waals surface area contributed by atoms with Gasteiger partial charge in [-0.2, -0.15) is 0 Å². The molecule has 2 aromatic rings. The molecule has 0 atom stereocenters. The number of benzene rings is 1. The van der Waals surface area contributed by atoms with Crippen LogP contribution in [0, 0.1) is 13.8 Å². The van der Waals surface area contributed by atoms with E-state index in [1.807, 2.05) is 13.1 Å². The fourth-order valence-electron chi connectivity index (χ4n) is 1.75. The molecule has 1 aromatic heterocycles. The summed E-state index contributed by atoms with van der Waals surface area (Å²) in [5.74, 6) is 0.0576. The molecule has 0 radical (unpaired) electrons. The number of rotatable bonds is 3. The van der Waals surface area contributed by atoms with Crippen molar-refractivity contribution in [2.75, 3.05) is 12.4 Å². The minimum Gasteiger partial charge on any atom is -0.365 e. The van der Waals surface area contributed by atoms with Crippen LogP contribution < -0.4 is 5.32 Å². The number of nitrogens with one attached hydrogen (secondary N) is 1. The highest BCUT2D eigenvalue weighted by molar-refractivity contribution is 7.18. The van der Waals surface area contributed by atoms with Crippen LogP contribution in [-0.2, 0) is 0 Å². The van der Waals surface area contributed by atoms with Crippen LogP contribution in [0.25, 0.3) is 11.3 Å². The van der Waals surface area contributed by atoms with Crippen LogP contribution in [0.15, 0.2) is 18.2 Å². The number of aryl methyl sites for hydroxylation is 2. The summed E-state index contributed by atoms with van der Waals surface area (Å²) in [5.41, 5.74) is 4.23. The van der Waals surface area contributed by atoms with E-state index >= 15 is 0 Å². The molecular weight excluding hydrogens is 244 g/mol. The molecule has 0 unspecified atom stereocenters. The van der Waals surface area contributed by atoms with Crippen LogP contribution in [-0.4, -0.2) is 17.8 Å². The molecule has 0 fully saturated rings. The van der Waals surface area contributed by atoms with Gasteiger partial charge in [0.25, 0.3) is 0 Å². The molecule has 0 aliphatic carbocycles. The molecule has 0 amide bonds. The Balaban J connectivity index is 2.58. The number of Topliss-reactive ketones (excluding diaryl/α,β-unsaturated/α-hetero) is 1. The summed E-state index contributed by atoms with van der Waals surface area (Å²) >= 11 is 1.40. The predicted octanol–water partition coefficient (Wildman–Crippen LogP) is 3.67. The second kappa shape index (κ2) is 4.90. The summed E-state index contributed by atoms with van der Waals surface area (Å²) in [6, 6.07) is 6.16. The Hall–Kier alpha value is -1.68. The van der Waals surface area contributed by atoms with Gasteiger partial charge in [0.05, 0.1) is 10.6 Å². The number of thiazole rings is 1. The number of nitrogens with zero attached hydrogens (tertiary/aromatic N) is 1. The van der Waals surface area contributed by atoms with Crippen molar-refractivity contribution >= 4 is 22.3 Å². The first-order valence-electron chi connectivity index (χ1n) is 5.80. The molecule has 2 rings (SSSR count). The van der Waals surface area contributed by atoms with Crippen molar-refractivity contribution in [3.05, 3.63) is 34.2 Å². The number of ketones is 1. The topological polar surface area (TPSA) is 42.0 Å². The van der Waals surface area contributed by atoms with E-state index in [9.17, 15) is 4.79 Å². The van der Waals surface area contributed by atoms with Gasteiger partial charge in [-0.1, -0.05) is 23.5 Å². The fourth-order valence-corrected chi connectivity index (χ4v) is 2.59. The Labute approximate surface area is 111 Å². The molecule has 0 saturated carbocycles. The van der Waals surface area contributed by atoms with Gasteiger partial charge in [0.2, 0.25) is 0 Å². The normalized spacial score (nSPS) is 10.4. The minimum atomic E-state index is 0.0576. The summed E-state index contributed by atoms with van der Waals surface area (Å²) in [4.78, 5) is 16.9. The van der Waals surface area contributed by atoms with E-state index in [0.717, 1.165) is 16.4 Å². The number of carbonyl (C=O) groups is 1. The highest BCUT2D eigenvalue weighted by Crippen LogP contribution is 2.32. The van der Waals surface area contributed by atoms with Gasteiger partial charge in [-0.25, -0.2) is 4.98 Å². The van der Waals surface area contributed by atoms with Crippen LogP contribution in [0.1, 0.15) is 27.7 Å². The lowest BCUT2D eigenvalue weighted by Crippen LogP contribution is -1.93. The maximum Gasteiger partial charge on any atom is 0.183 e. The van der Waals surface area contributed by atoms with E-state index < -0.39 is 0 Å². The molecule has 0 aliphatic rings. The lowest BCUT2D eigenvalue weighted by atomic mass is 10.0. The average molecular weight is 260 g/mol. The van der Waals surface area contributed by atoms with Gasteiger partial charge >= 0.3 is 0 Å². The first kappa shape index (κ1) is 12.8. The summed E-state index contributed by atoms with van der Waals surface area (Å²) in [7, 11) is 1.81. The van der Waals surface area contributed by atoms with Crippen LogP contribution in [0.5, 0.6) is 0 Å². The first-order valence-corrected chi connectivity index (χ1v) is 6.61. The average Bonchev–Trinajstić information content (AvgIpc) is 2.77. The first-order chi connectivity index (χ1) is 8.52. The lowest BCUT2D eigenvalue weighted by Gasteiger charge is -2.04. The molecule has 4 heteroatoms. The Morgan fingerprint density at radius 3 is 2.56 bits per heavy atom. The largest absolute Gasteiger partial charge is 0.365 e. The summed E-state index contributed by atoms with van der Waals surface area (Å²) in [6.45, 7) is 5.72. The van der Waals surface area contributed by atoms with Crippen LogP contribution in [0.3, 0.4) is 0 Å². The third-order valence-corrected chi connectivity index (χ3v) is 4.11. The highest BCUT2D eigenvalue weighted by atomic mass is 32.1. The zero-order valence-electron chi connectivity index (χ0n) is 11.0. The molecule has 0 aliphatic heterocycles. The van der Waals surface area contributed by atoms with Crippen molar-refractivity contribution in [1.82, 2.24) is 4.98 Å². The number of hydrogen-bond acceptors (Lipinski definition) is 4. The molecule has 1 aromatic carbocycles. The molecule has 94 valence electrons. The molecule has 3 nitrogen and oxygen atoms in total. The monoisotopic (exact) mass is 260 g/mol. The van der Waals surface area contributed by atoms with Crippen LogP contribution in [0.2, 0.25) is 0 Å². The molecule has 0 saturated heterocycles. The highest BCUT2D eigenvalue weighted by Gasteiger charge is 2.16. The van der Waals surface area contributed by atoms with Crippen molar-refractivity contribution in [3.63, 3.8) is 0 Å². The van der Waals surface area contributed by atoms with Crippen molar-refractivity contribution in [2.24, 2.45) is 0 Å². The van der Waals surface area contributed by atoms with Gasteiger partial charge in [0, 0.05) is 19.5 Å². The minimum absolute atomic E-state index is 0.0576. The lowest BCUT2D eigenvalue weighted by molar-refractivity contribution is 0.102. The Bertz CT molecular complexity index is 602. The Morgan fingerprint density at radius 1 is 1.28 bits per heavy atom. The van der Waals surface area contributed by atoms with Gasteiger partial charge in [0.15, 0.2) is 10.9 Å². The second-order valence-corrected chi connectivity index (χ2v) is 5.30. The van der Waals surface area contributed by atoms with Crippen molar-refractivity contribution in [3.8, 4) is 11.3 Å². The zero-order valence-corrected chi connectivity index (χ0v) is 11.8. The van der Waals surface area contributed by atoms with E-state index in [1.54, 1.807) is 6.92 Å². The van der Waals surface area contributed by atoms with Gasteiger partial charge < -0.3 is 5.32 Å². The number of aromatic nitrogens is 1. The van der Waals surface area contributed by atoms with E-state index in [0.29, 0.717) is 4.88 Å².